The third-order valence-electron chi connectivity index (χ3n) is 3.81. The number of ether oxygens (including phenoxy) is 2. The predicted molar refractivity (Wildman–Crippen MR) is 77.0 cm³/mol. The number of hydrogen-bond acceptors (Lipinski definition) is 5. The normalized spacial score (nSPS) is 23.7. The van der Waals surface area contributed by atoms with Crippen LogP contribution in [0.2, 0.25) is 0 Å². The van der Waals surface area contributed by atoms with Crippen LogP contribution in [0.15, 0.2) is 24.3 Å². The van der Waals surface area contributed by atoms with Crippen molar-refractivity contribution in [3.63, 3.8) is 0 Å². The topological polar surface area (TPSA) is 71.0 Å². The van der Waals surface area contributed by atoms with Gasteiger partial charge in [0.05, 0.1) is 12.1 Å². The molecule has 2 aliphatic heterocycles. The fraction of sp³-hybridized carbons (Fsp3) is 0.400. The number of carbonyl (C=O) groups is 1. The van der Waals surface area contributed by atoms with Crippen LogP contribution in [-0.4, -0.2) is 55.0 Å². The van der Waals surface area contributed by atoms with Gasteiger partial charge in [-0.1, -0.05) is 6.07 Å². The molecule has 0 aliphatic carbocycles. The van der Waals surface area contributed by atoms with Crippen molar-refractivity contribution in [3.8, 4) is 11.5 Å². The number of hydrogen-bond donors (Lipinski definition) is 2. The molecule has 1 saturated heterocycles. The molecular formula is C15H18N2O4. The minimum atomic E-state index is -0.516. The number of aliphatic hydroxyl groups excluding tert-OH is 1. The Morgan fingerprint density at radius 1 is 1.38 bits per heavy atom. The number of carbonyl (C=O) groups excluding carboxylic acids is 1. The quantitative estimate of drug-likeness (QED) is 0.779. The molecule has 0 unspecified atom stereocenters. The molecule has 0 aromatic heterocycles. The summed E-state index contributed by atoms with van der Waals surface area (Å²) in [6, 6.07) is 5.33. The Labute approximate surface area is 123 Å². The molecule has 2 heterocycles. The second-order valence-electron chi connectivity index (χ2n) is 5.19. The molecule has 1 aromatic rings. The minimum absolute atomic E-state index is 0.139. The molecule has 1 aromatic carbocycles. The molecule has 0 radical (unpaired) electrons. The number of nitrogens with one attached hydrogen (secondary N) is 1. The van der Waals surface area contributed by atoms with Gasteiger partial charge in [-0.3, -0.25) is 4.79 Å². The van der Waals surface area contributed by atoms with Crippen LogP contribution in [0.5, 0.6) is 11.5 Å². The van der Waals surface area contributed by atoms with Crippen LogP contribution in [0.3, 0.4) is 0 Å². The van der Waals surface area contributed by atoms with E-state index in [0.29, 0.717) is 18.8 Å². The molecule has 1 fully saturated rings. The number of β-amino-alcohol motifs (C(OH)–C–C–N with tert-alkyl or cyclic N) is 1. The lowest BCUT2D eigenvalue weighted by Gasteiger charge is -2.25. The van der Waals surface area contributed by atoms with Gasteiger partial charge in [-0.15, -0.1) is 0 Å². The van der Waals surface area contributed by atoms with Crippen LogP contribution in [0.25, 0.3) is 6.08 Å². The lowest BCUT2D eigenvalue weighted by molar-refractivity contribution is -0.127. The van der Waals surface area contributed by atoms with Gasteiger partial charge in [-0.25, -0.2) is 0 Å². The van der Waals surface area contributed by atoms with Gasteiger partial charge < -0.3 is 24.8 Å². The lowest BCUT2D eigenvalue weighted by Crippen LogP contribution is -2.43. The number of benzene rings is 1. The fourth-order valence-electron chi connectivity index (χ4n) is 2.51. The molecule has 112 valence electrons. The van der Waals surface area contributed by atoms with Gasteiger partial charge in [0, 0.05) is 26.2 Å². The number of rotatable bonds is 3. The van der Waals surface area contributed by atoms with Crippen LogP contribution in [0.4, 0.5) is 0 Å². The van der Waals surface area contributed by atoms with Gasteiger partial charge >= 0.3 is 0 Å². The van der Waals surface area contributed by atoms with E-state index in [1.54, 1.807) is 18.0 Å². The molecule has 2 N–H and O–H groups in total. The lowest BCUT2D eigenvalue weighted by atomic mass is 10.1. The van der Waals surface area contributed by atoms with Crippen molar-refractivity contribution in [1.29, 1.82) is 0 Å². The van der Waals surface area contributed by atoms with E-state index in [2.05, 4.69) is 5.32 Å². The summed E-state index contributed by atoms with van der Waals surface area (Å²) in [5.41, 5.74) is 0.867. The van der Waals surface area contributed by atoms with E-state index in [0.717, 1.165) is 11.3 Å². The average molecular weight is 290 g/mol. The fourth-order valence-corrected chi connectivity index (χ4v) is 2.51. The third-order valence-corrected chi connectivity index (χ3v) is 3.81. The van der Waals surface area contributed by atoms with Crippen LogP contribution < -0.4 is 14.8 Å². The van der Waals surface area contributed by atoms with Crippen molar-refractivity contribution in [2.45, 2.75) is 12.1 Å². The minimum Gasteiger partial charge on any atom is -0.454 e. The number of likely N-dealkylation sites (N-methyl/N-ethyl adjacent to an activating group) is 1. The predicted octanol–water partition coefficient (Wildman–Crippen LogP) is 0.220. The Hall–Kier alpha value is -2.05. The SMILES string of the molecule is CN(C(=O)/C=C/c1ccc2c(c1)OCO2)[C@H]1CNC[C@@H]1O. The summed E-state index contributed by atoms with van der Waals surface area (Å²) in [5.74, 6) is 1.27. The zero-order chi connectivity index (χ0) is 14.8. The van der Waals surface area contributed by atoms with Gasteiger partial charge in [0.1, 0.15) is 0 Å². The maximum atomic E-state index is 12.1. The maximum absolute atomic E-state index is 12.1. The summed E-state index contributed by atoms with van der Waals surface area (Å²) < 4.78 is 10.5. The summed E-state index contributed by atoms with van der Waals surface area (Å²) in [6.45, 7) is 1.37. The molecule has 2 atom stereocenters. The Morgan fingerprint density at radius 3 is 2.95 bits per heavy atom. The number of amides is 1. The zero-order valence-corrected chi connectivity index (χ0v) is 11.8. The Kier molecular flexibility index (Phi) is 3.81. The van der Waals surface area contributed by atoms with Gasteiger partial charge in [0.25, 0.3) is 0 Å². The highest BCUT2D eigenvalue weighted by molar-refractivity contribution is 5.92. The number of fused-ring (bicyclic) bond motifs is 1. The number of nitrogens with zero attached hydrogens (tertiary/aromatic N) is 1. The smallest absolute Gasteiger partial charge is 0.246 e. The molecule has 3 rings (SSSR count). The Morgan fingerprint density at radius 2 is 2.19 bits per heavy atom. The van der Waals surface area contributed by atoms with E-state index in [-0.39, 0.29) is 18.7 Å². The van der Waals surface area contributed by atoms with Crippen LogP contribution in [0.1, 0.15) is 5.56 Å². The standard InChI is InChI=1S/C15H18N2O4/c1-17(11-7-16-8-12(11)18)15(19)5-3-10-2-4-13-14(6-10)21-9-20-13/h2-6,11-12,16,18H,7-9H2,1H3/b5-3+/t11-,12-/m0/s1. The van der Waals surface area contributed by atoms with Gasteiger partial charge in [0.2, 0.25) is 12.7 Å². The van der Waals surface area contributed by atoms with Gasteiger partial charge in [-0.05, 0) is 23.8 Å². The van der Waals surface area contributed by atoms with Crippen LogP contribution in [0, 0.1) is 0 Å². The van der Waals surface area contributed by atoms with Crippen LogP contribution >= 0.6 is 0 Å². The first-order valence-electron chi connectivity index (χ1n) is 6.88. The first-order chi connectivity index (χ1) is 10.1. The molecule has 2 aliphatic rings. The molecule has 0 saturated carbocycles. The summed E-state index contributed by atoms with van der Waals surface area (Å²) >= 11 is 0. The summed E-state index contributed by atoms with van der Waals surface area (Å²) in [7, 11) is 1.70. The monoisotopic (exact) mass is 290 g/mol. The van der Waals surface area contributed by atoms with E-state index in [1.165, 1.54) is 6.08 Å². The van der Waals surface area contributed by atoms with Crippen molar-refractivity contribution < 1.29 is 19.4 Å². The second kappa shape index (κ2) is 5.75. The van der Waals surface area contributed by atoms with Crippen molar-refractivity contribution in [2.75, 3.05) is 26.9 Å². The summed E-state index contributed by atoms with van der Waals surface area (Å²) in [4.78, 5) is 13.7. The first-order valence-corrected chi connectivity index (χ1v) is 6.88. The van der Waals surface area contributed by atoms with E-state index < -0.39 is 6.10 Å². The highest BCUT2D eigenvalue weighted by Crippen LogP contribution is 2.32. The Balaban J connectivity index is 1.66. The number of aliphatic hydroxyl groups is 1. The van der Waals surface area contributed by atoms with Crippen molar-refractivity contribution in [1.82, 2.24) is 10.2 Å². The van der Waals surface area contributed by atoms with Gasteiger partial charge in [-0.2, -0.15) is 0 Å². The molecule has 0 bridgehead atoms. The van der Waals surface area contributed by atoms with E-state index in [9.17, 15) is 9.90 Å². The van der Waals surface area contributed by atoms with E-state index in [1.807, 2.05) is 18.2 Å². The zero-order valence-electron chi connectivity index (χ0n) is 11.8. The second-order valence-corrected chi connectivity index (χ2v) is 5.19. The highest BCUT2D eigenvalue weighted by Gasteiger charge is 2.30. The first kappa shape index (κ1) is 13.9. The average Bonchev–Trinajstić information content (AvgIpc) is 3.11. The molecule has 1 amide bonds. The van der Waals surface area contributed by atoms with Crippen LogP contribution in [-0.2, 0) is 4.79 Å². The van der Waals surface area contributed by atoms with E-state index >= 15 is 0 Å². The third kappa shape index (κ3) is 2.86. The van der Waals surface area contributed by atoms with E-state index in [4.69, 9.17) is 9.47 Å². The molecular weight excluding hydrogens is 272 g/mol. The summed E-state index contributed by atoms with van der Waals surface area (Å²) in [6.07, 6.45) is 2.72. The maximum Gasteiger partial charge on any atom is 0.246 e. The Bertz CT molecular complexity index is 573. The molecule has 6 heteroatoms. The molecule has 6 nitrogen and oxygen atoms in total. The van der Waals surface area contributed by atoms with Gasteiger partial charge in [0.15, 0.2) is 11.5 Å². The largest absolute Gasteiger partial charge is 0.454 e. The van der Waals surface area contributed by atoms with Crippen molar-refractivity contribution in [2.24, 2.45) is 0 Å². The highest BCUT2D eigenvalue weighted by atomic mass is 16.7. The summed E-state index contributed by atoms with van der Waals surface area (Å²) in [5, 5.41) is 12.8. The van der Waals surface area contributed by atoms with Crippen molar-refractivity contribution >= 4 is 12.0 Å². The molecule has 0 spiro atoms. The molecule has 21 heavy (non-hydrogen) atoms. The van der Waals surface area contributed by atoms with Crippen molar-refractivity contribution in [3.05, 3.63) is 29.8 Å².